The standard InChI is InChI=1S/C17H18N4O2S/c1-12-6-3-4-8-15(12)21-11-19-20-17(21)24-13(2)16(22)18-10-14-7-5-9-23-14/h3-9,11,13H,10H2,1-2H3,(H,18,22)/t13-/m1/s1. The normalized spacial score (nSPS) is 12.1. The van der Waals surface area contributed by atoms with E-state index in [1.807, 2.05) is 48.7 Å². The second-order valence-electron chi connectivity index (χ2n) is 5.33. The molecular formula is C17H18N4O2S. The molecule has 3 aromatic rings. The Labute approximate surface area is 144 Å². The van der Waals surface area contributed by atoms with Crippen LogP contribution in [0.2, 0.25) is 0 Å². The van der Waals surface area contributed by atoms with E-state index in [0.717, 1.165) is 17.0 Å². The monoisotopic (exact) mass is 342 g/mol. The van der Waals surface area contributed by atoms with Crippen LogP contribution in [0.15, 0.2) is 58.6 Å². The molecule has 0 aliphatic heterocycles. The maximum atomic E-state index is 12.2. The molecule has 0 aliphatic carbocycles. The van der Waals surface area contributed by atoms with Gasteiger partial charge in [-0.15, -0.1) is 10.2 Å². The van der Waals surface area contributed by atoms with Gasteiger partial charge in [-0.05, 0) is 37.6 Å². The number of hydrogen-bond donors (Lipinski definition) is 1. The summed E-state index contributed by atoms with van der Waals surface area (Å²) in [5.74, 6) is 0.652. The van der Waals surface area contributed by atoms with Crippen molar-refractivity contribution >= 4 is 17.7 Å². The molecule has 1 atom stereocenters. The Balaban J connectivity index is 1.67. The first-order chi connectivity index (χ1) is 11.6. The van der Waals surface area contributed by atoms with Crippen LogP contribution in [0.3, 0.4) is 0 Å². The van der Waals surface area contributed by atoms with E-state index in [1.54, 1.807) is 18.7 Å². The number of furan rings is 1. The van der Waals surface area contributed by atoms with Gasteiger partial charge < -0.3 is 9.73 Å². The lowest BCUT2D eigenvalue weighted by molar-refractivity contribution is -0.120. The number of amides is 1. The molecule has 7 heteroatoms. The van der Waals surface area contributed by atoms with E-state index in [4.69, 9.17) is 4.42 Å². The molecule has 2 heterocycles. The van der Waals surface area contributed by atoms with E-state index in [1.165, 1.54) is 11.8 Å². The number of nitrogens with zero attached hydrogens (tertiary/aromatic N) is 3. The van der Waals surface area contributed by atoms with Crippen LogP contribution in [-0.4, -0.2) is 25.9 Å². The van der Waals surface area contributed by atoms with E-state index < -0.39 is 0 Å². The van der Waals surface area contributed by atoms with Gasteiger partial charge in [-0.3, -0.25) is 9.36 Å². The van der Waals surface area contributed by atoms with E-state index in [0.29, 0.717) is 11.7 Å². The number of benzene rings is 1. The van der Waals surface area contributed by atoms with Crippen molar-refractivity contribution in [2.24, 2.45) is 0 Å². The van der Waals surface area contributed by atoms with Gasteiger partial charge in [-0.25, -0.2) is 0 Å². The molecule has 2 aromatic heterocycles. The average molecular weight is 342 g/mol. The number of nitrogens with one attached hydrogen (secondary N) is 1. The Morgan fingerprint density at radius 2 is 2.17 bits per heavy atom. The number of thioether (sulfide) groups is 1. The van der Waals surface area contributed by atoms with Crippen molar-refractivity contribution in [2.75, 3.05) is 0 Å². The van der Waals surface area contributed by atoms with Gasteiger partial charge >= 0.3 is 0 Å². The van der Waals surface area contributed by atoms with E-state index in [2.05, 4.69) is 15.5 Å². The van der Waals surface area contributed by atoms with Gasteiger partial charge in [0.25, 0.3) is 0 Å². The van der Waals surface area contributed by atoms with Gasteiger partial charge in [0.15, 0.2) is 5.16 Å². The Morgan fingerprint density at radius 3 is 2.92 bits per heavy atom. The number of aromatic nitrogens is 3. The number of rotatable bonds is 6. The molecule has 1 amide bonds. The number of hydrogen-bond acceptors (Lipinski definition) is 5. The molecule has 24 heavy (non-hydrogen) atoms. The van der Waals surface area contributed by atoms with E-state index >= 15 is 0 Å². The lowest BCUT2D eigenvalue weighted by Gasteiger charge is -2.13. The maximum Gasteiger partial charge on any atom is 0.233 e. The molecule has 0 fully saturated rings. The largest absolute Gasteiger partial charge is 0.467 e. The highest BCUT2D eigenvalue weighted by atomic mass is 32.2. The highest BCUT2D eigenvalue weighted by molar-refractivity contribution is 8.00. The number of carbonyl (C=O) groups is 1. The summed E-state index contributed by atoms with van der Waals surface area (Å²) in [6.07, 6.45) is 3.25. The summed E-state index contributed by atoms with van der Waals surface area (Å²) >= 11 is 1.37. The Morgan fingerprint density at radius 1 is 1.33 bits per heavy atom. The molecule has 0 saturated heterocycles. The summed E-state index contributed by atoms with van der Waals surface area (Å²) in [6.45, 7) is 4.25. The molecule has 6 nitrogen and oxygen atoms in total. The minimum atomic E-state index is -0.299. The second kappa shape index (κ2) is 7.35. The third-order valence-electron chi connectivity index (χ3n) is 3.56. The van der Waals surface area contributed by atoms with Gasteiger partial charge in [0.2, 0.25) is 5.91 Å². The second-order valence-corrected chi connectivity index (χ2v) is 6.64. The zero-order valence-electron chi connectivity index (χ0n) is 13.5. The number of aryl methyl sites for hydroxylation is 1. The molecule has 0 bridgehead atoms. The van der Waals surface area contributed by atoms with Crippen molar-refractivity contribution in [3.05, 3.63) is 60.3 Å². The fourth-order valence-corrected chi connectivity index (χ4v) is 3.11. The molecule has 0 aliphatic rings. The van der Waals surface area contributed by atoms with E-state index in [-0.39, 0.29) is 11.2 Å². The molecule has 124 valence electrons. The highest BCUT2D eigenvalue weighted by Gasteiger charge is 2.18. The van der Waals surface area contributed by atoms with Crippen molar-refractivity contribution < 1.29 is 9.21 Å². The molecule has 0 radical (unpaired) electrons. The summed E-state index contributed by atoms with van der Waals surface area (Å²) in [5, 5.41) is 11.4. The number of carbonyl (C=O) groups excluding carboxylic acids is 1. The van der Waals surface area contributed by atoms with Gasteiger partial charge in [0, 0.05) is 0 Å². The maximum absolute atomic E-state index is 12.2. The van der Waals surface area contributed by atoms with E-state index in [9.17, 15) is 4.79 Å². The first kappa shape index (κ1) is 16.3. The molecule has 1 N–H and O–H groups in total. The Hall–Kier alpha value is -2.54. The molecule has 1 aromatic carbocycles. The van der Waals surface area contributed by atoms with Crippen molar-refractivity contribution in [3.8, 4) is 5.69 Å². The van der Waals surface area contributed by atoms with Crippen LogP contribution in [0.4, 0.5) is 0 Å². The predicted molar refractivity (Wildman–Crippen MR) is 92.0 cm³/mol. The first-order valence-electron chi connectivity index (χ1n) is 7.58. The summed E-state index contributed by atoms with van der Waals surface area (Å²) < 4.78 is 7.11. The van der Waals surface area contributed by atoms with Crippen molar-refractivity contribution in [3.63, 3.8) is 0 Å². The molecular weight excluding hydrogens is 324 g/mol. The highest BCUT2D eigenvalue weighted by Crippen LogP contribution is 2.25. The van der Waals surface area contributed by atoms with Crippen LogP contribution in [0.5, 0.6) is 0 Å². The quantitative estimate of drug-likeness (QED) is 0.697. The fourth-order valence-electron chi connectivity index (χ4n) is 2.25. The Bertz CT molecular complexity index is 814. The first-order valence-corrected chi connectivity index (χ1v) is 8.46. The van der Waals surface area contributed by atoms with Gasteiger partial charge in [0.1, 0.15) is 12.1 Å². The lowest BCUT2D eigenvalue weighted by Crippen LogP contribution is -2.30. The summed E-state index contributed by atoms with van der Waals surface area (Å²) in [6, 6.07) is 11.6. The smallest absolute Gasteiger partial charge is 0.233 e. The van der Waals surface area contributed by atoms with Crippen LogP contribution >= 0.6 is 11.8 Å². The van der Waals surface area contributed by atoms with Crippen molar-refractivity contribution in [2.45, 2.75) is 30.8 Å². The average Bonchev–Trinajstić information content (AvgIpc) is 3.25. The third-order valence-corrected chi connectivity index (χ3v) is 4.62. The zero-order valence-corrected chi connectivity index (χ0v) is 14.3. The van der Waals surface area contributed by atoms with Crippen molar-refractivity contribution in [1.29, 1.82) is 0 Å². The third kappa shape index (κ3) is 3.68. The van der Waals surface area contributed by atoms with Crippen LogP contribution in [0.1, 0.15) is 18.2 Å². The summed E-state index contributed by atoms with van der Waals surface area (Å²) in [5.41, 5.74) is 2.13. The van der Waals surface area contributed by atoms with Crippen LogP contribution < -0.4 is 5.32 Å². The molecule has 0 unspecified atom stereocenters. The van der Waals surface area contributed by atoms with Crippen LogP contribution in [0, 0.1) is 6.92 Å². The number of para-hydroxylation sites is 1. The minimum absolute atomic E-state index is 0.0734. The summed E-state index contributed by atoms with van der Waals surface area (Å²) in [4.78, 5) is 12.2. The lowest BCUT2D eigenvalue weighted by atomic mass is 10.2. The van der Waals surface area contributed by atoms with Gasteiger partial charge in [-0.1, -0.05) is 30.0 Å². The fraction of sp³-hybridized carbons (Fsp3) is 0.235. The molecule has 0 spiro atoms. The van der Waals surface area contributed by atoms with Crippen LogP contribution in [0.25, 0.3) is 5.69 Å². The zero-order chi connectivity index (χ0) is 16.9. The van der Waals surface area contributed by atoms with Crippen LogP contribution in [-0.2, 0) is 11.3 Å². The Kier molecular flexibility index (Phi) is 5.00. The van der Waals surface area contributed by atoms with Gasteiger partial charge in [-0.2, -0.15) is 0 Å². The predicted octanol–water partition coefficient (Wildman–Crippen LogP) is 2.97. The minimum Gasteiger partial charge on any atom is -0.467 e. The van der Waals surface area contributed by atoms with Gasteiger partial charge in [0.05, 0.1) is 23.7 Å². The molecule has 0 saturated carbocycles. The summed E-state index contributed by atoms with van der Waals surface area (Å²) in [7, 11) is 0. The SMILES string of the molecule is Cc1ccccc1-n1cnnc1S[C@H](C)C(=O)NCc1ccco1. The molecule has 3 rings (SSSR count). The topological polar surface area (TPSA) is 73.0 Å². The van der Waals surface area contributed by atoms with Crippen molar-refractivity contribution in [1.82, 2.24) is 20.1 Å².